The standard InChI is InChI=1S/C15H23BrO/c1-3-5-9-15(4-2,12-16)11-13-7-6-8-14(17)10-13/h6-8,10,17H,3-5,9,11-12H2,1-2H3. The first-order valence-electron chi connectivity index (χ1n) is 6.49. The van der Waals surface area contributed by atoms with Gasteiger partial charge in [0.1, 0.15) is 5.75 Å². The number of benzene rings is 1. The third-order valence-corrected chi connectivity index (χ3v) is 4.77. The van der Waals surface area contributed by atoms with E-state index in [1.807, 2.05) is 12.1 Å². The van der Waals surface area contributed by atoms with Gasteiger partial charge < -0.3 is 5.11 Å². The maximum absolute atomic E-state index is 9.52. The van der Waals surface area contributed by atoms with E-state index in [1.165, 1.54) is 31.2 Å². The summed E-state index contributed by atoms with van der Waals surface area (Å²) in [7, 11) is 0. The Bertz CT molecular complexity index is 331. The number of rotatable bonds is 7. The molecule has 2 heteroatoms. The first-order chi connectivity index (χ1) is 8.15. The number of hydrogen-bond acceptors (Lipinski definition) is 1. The van der Waals surface area contributed by atoms with Crippen LogP contribution in [-0.4, -0.2) is 10.4 Å². The molecule has 0 radical (unpaired) electrons. The zero-order valence-electron chi connectivity index (χ0n) is 10.9. The zero-order chi connectivity index (χ0) is 12.7. The summed E-state index contributed by atoms with van der Waals surface area (Å²) in [5, 5.41) is 10.6. The van der Waals surface area contributed by atoms with Crippen LogP contribution in [0.4, 0.5) is 0 Å². The fourth-order valence-corrected chi connectivity index (χ4v) is 3.13. The second-order valence-corrected chi connectivity index (χ2v) is 5.50. The number of halogens is 1. The molecular weight excluding hydrogens is 276 g/mol. The molecule has 0 aliphatic carbocycles. The Balaban J connectivity index is 2.78. The van der Waals surface area contributed by atoms with E-state index in [-0.39, 0.29) is 0 Å². The molecule has 0 fully saturated rings. The van der Waals surface area contributed by atoms with Crippen LogP contribution in [0, 0.1) is 5.41 Å². The van der Waals surface area contributed by atoms with Crippen LogP contribution in [0.25, 0.3) is 0 Å². The molecule has 1 aromatic rings. The van der Waals surface area contributed by atoms with Gasteiger partial charge in [-0.25, -0.2) is 0 Å². The van der Waals surface area contributed by atoms with E-state index in [9.17, 15) is 5.11 Å². The molecule has 0 bridgehead atoms. The maximum atomic E-state index is 9.52. The van der Waals surface area contributed by atoms with E-state index in [0.29, 0.717) is 11.2 Å². The van der Waals surface area contributed by atoms with Crippen molar-refractivity contribution in [3.63, 3.8) is 0 Å². The van der Waals surface area contributed by atoms with E-state index in [2.05, 4.69) is 35.8 Å². The highest BCUT2D eigenvalue weighted by Gasteiger charge is 2.26. The van der Waals surface area contributed by atoms with Crippen molar-refractivity contribution in [1.29, 1.82) is 0 Å². The van der Waals surface area contributed by atoms with Gasteiger partial charge in [0.25, 0.3) is 0 Å². The largest absolute Gasteiger partial charge is 0.508 e. The lowest BCUT2D eigenvalue weighted by atomic mass is 9.77. The molecule has 0 heterocycles. The smallest absolute Gasteiger partial charge is 0.115 e. The van der Waals surface area contributed by atoms with E-state index in [1.54, 1.807) is 6.07 Å². The normalized spacial score (nSPS) is 14.5. The summed E-state index contributed by atoms with van der Waals surface area (Å²) in [6, 6.07) is 7.66. The van der Waals surface area contributed by atoms with Gasteiger partial charge in [-0.05, 0) is 42.4 Å². The molecule has 1 aromatic carbocycles. The quantitative estimate of drug-likeness (QED) is 0.709. The van der Waals surface area contributed by atoms with Crippen molar-refractivity contribution in [2.24, 2.45) is 5.41 Å². The van der Waals surface area contributed by atoms with Crippen LogP contribution in [0.3, 0.4) is 0 Å². The molecule has 0 amide bonds. The molecule has 0 spiro atoms. The summed E-state index contributed by atoms with van der Waals surface area (Å²) < 4.78 is 0. The minimum Gasteiger partial charge on any atom is -0.508 e. The Morgan fingerprint density at radius 1 is 1.29 bits per heavy atom. The van der Waals surface area contributed by atoms with Crippen molar-refractivity contribution in [1.82, 2.24) is 0 Å². The van der Waals surface area contributed by atoms with Gasteiger partial charge in [-0.2, -0.15) is 0 Å². The van der Waals surface area contributed by atoms with Crippen LogP contribution in [0.1, 0.15) is 45.1 Å². The van der Waals surface area contributed by atoms with Gasteiger partial charge in [0.2, 0.25) is 0 Å². The molecule has 1 rings (SSSR count). The van der Waals surface area contributed by atoms with Crippen molar-refractivity contribution in [2.45, 2.75) is 46.0 Å². The highest BCUT2D eigenvalue weighted by Crippen LogP contribution is 2.35. The van der Waals surface area contributed by atoms with Crippen LogP contribution in [0.5, 0.6) is 5.75 Å². The Morgan fingerprint density at radius 3 is 2.59 bits per heavy atom. The highest BCUT2D eigenvalue weighted by molar-refractivity contribution is 9.09. The van der Waals surface area contributed by atoms with Crippen molar-refractivity contribution in [3.8, 4) is 5.75 Å². The average Bonchev–Trinajstić information content (AvgIpc) is 2.35. The van der Waals surface area contributed by atoms with Crippen LogP contribution in [0.2, 0.25) is 0 Å². The van der Waals surface area contributed by atoms with E-state index >= 15 is 0 Å². The van der Waals surface area contributed by atoms with Gasteiger partial charge >= 0.3 is 0 Å². The monoisotopic (exact) mass is 298 g/mol. The first-order valence-corrected chi connectivity index (χ1v) is 7.62. The second-order valence-electron chi connectivity index (χ2n) is 4.94. The summed E-state index contributed by atoms with van der Waals surface area (Å²) in [4.78, 5) is 0. The zero-order valence-corrected chi connectivity index (χ0v) is 12.5. The van der Waals surface area contributed by atoms with E-state index in [0.717, 1.165) is 11.8 Å². The molecule has 0 saturated carbocycles. The number of hydrogen-bond donors (Lipinski definition) is 1. The molecule has 1 nitrogen and oxygen atoms in total. The van der Waals surface area contributed by atoms with Gasteiger partial charge in [-0.3, -0.25) is 0 Å². The SMILES string of the molecule is CCCCC(CC)(CBr)Cc1cccc(O)c1. The fraction of sp³-hybridized carbons (Fsp3) is 0.600. The number of alkyl halides is 1. The summed E-state index contributed by atoms with van der Waals surface area (Å²) in [5.41, 5.74) is 1.58. The van der Waals surface area contributed by atoms with Crippen LogP contribution in [0.15, 0.2) is 24.3 Å². The third kappa shape index (κ3) is 4.34. The fourth-order valence-electron chi connectivity index (χ4n) is 2.25. The molecule has 1 atom stereocenters. The lowest BCUT2D eigenvalue weighted by Crippen LogP contribution is -2.24. The highest BCUT2D eigenvalue weighted by atomic mass is 79.9. The third-order valence-electron chi connectivity index (χ3n) is 3.58. The van der Waals surface area contributed by atoms with E-state index in [4.69, 9.17) is 0 Å². The summed E-state index contributed by atoms with van der Waals surface area (Å²) in [6.45, 7) is 4.50. The molecule has 17 heavy (non-hydrogen) atoms. The van der Waals surface area contributed by atoms with Gasteiger partial charge in [-0.15, -0.1) is 0 Å². The predicted molar refractivity (Wildman–Crippen MR) is 77.9 cm³/mol. The van der Waals surface area contributed by atoms with Crippen LogP contribution < -0.4 is 0 Å². The molecular formula is C15H23BrO. The molecule has 1 unspecified atom stereocenters. The van der Waals surface area contributed by atoms with Crippen molar-refractivity contribution >= 4 is 15.9 Å². The summed E-state index contributed by atoms with van der Waals surface area (Å²) in [6.07, 6.45) is 5.99. The minimum atomic E-state index is 0.337. The molecule has 96 valence electrons. The van der Waals surface area contributed by atoms with Crippen molar-refractivity contribution < 1.29 is 5.11 Å². The second kappa shape index (κ2) is 7.05. The predicted octanol–water partition coefficient (Wildman–Crippen LogP) is 4.92. The number of unbranched alkanes of at least 4 members (excludes halogenated alkanes) is 1. The van der Waals surface area contributed by atoms with Gasteiger partial charge in [0.05, 0.1) is 0 Å². The first kappa shape index (κ1) is 14.6. The lowest BCUT2D eigenvalue weighted by Gasteiger charge is -2.31. The molecule has 0 aromatic heterocycles. The van der Waals surface area contributed by atoms with Crippen LogP contribution >= 0.6 is 15.9 Å². The minimum absolute atomic E-state index is 0.337. The topological polar surface area (TPSA) is 20.2 Å². The molecule has 1 N–H and O–H groups in total. The Hall–Kier alpha value is -0.500. The molecule has 0 aliphatic heterocycles. The Labute approximate surface area is 113 Å². The summed E-state index contributed by atoms with van der Waals surface area (Å²) >= 11 is 3.68. The maximum Gasteiger partial charge on any atom is 0.115 e. The van der Waals surface area contributed by atoms with Crippen molar-refractivity contribution in [3.05, 3.63) is 29.8 Å². The lowest BCUT2D eigenvalue weighted by molar-refractivity contribution is 0.283. The average molecular weight is 299 g/mol. The van der Waals surface area contributed by atoms with Gasteiger partial charge in [-0.1, -0.05) is 54.8 Å². The van der Waals surface area contributed by atoms with Crippen molar-refractivity contribution in [2.75, 3.05) is 5.33 Å². The van der Waals surface area contributed by atoms with E-state index < -0.39 is 0 Å². The number of phenols is 1. The number of aromatic hydroxyl groups is 1. The Kier molecular flexibility index (Phi) is 6.04. The molecule has 0 aliphatic rings. The summed E-state index contributed by atoms with van der Waals surface area (Å²) in [5.74, 6) is 0.373. The van der Waals surface area contributed by atoms with Gasteiger partial charge in [0.15, 0.2) is 0 Å². The van der Waals surface area contributed by atoms with Crippen LogP contribution in [-0.2, 0) is 6.42 Å². The Morgan fingerprint density at radius 2 is 2.06 bits per heavy atom. The van der Waals surface area contributed by atoms with Gasteiger partial charge in [0, 0.05) is 5.33 Å². The molecule has 0 saturated heterocycles. The number of phenolic OH excluding ortho intramolecular Hbond substituents is 1.